The van der Waals surface area contributed by atoms with E-state index in [9.17, 15) is 14.4 Å². The summed E-state index contributed by atoms with van der Waals surface area (Å²) in [5.74, 6) is -1.33. The highest BCUT2D eigenvalue weighted by Gasteiger charge is 2.35. The van der Waals surface area contributed by atoms with Gasteiger partial charge in [0.05, 0.1) is 16.7 Å². The van der Waals surface area contributed by atoms with Gasteiger partial charge in [0.2, 0.25) is 0 Å². The van der Waals surface area contributed by atoms with E-state index in [2.05, 4.69) is 6.58 Å². The van der Waals surface area contributed by atoms with E-state index >= 15 is 0 Å². The minimum atomic E-state index is -0.533. The van der Waals surface area contributed by atoms with Crippen LogP contribution in [0.2, 0.25) is 0 Å². The van der Waals surface area contributed by atoms with E-state index in [-0.39, 0.29) is 30.2 Å². The zero-order valence-corrected chi connectivity index (χ0v) is 14.7. The van der Waals surface area contributed by atoms with Crippen LogP contribution < -0.4 is 0 Å². The number of rotatable bonds is 5. The highest BCUT2D eigenvalue weighted by Crippen LogP contribution is 2.24. The van der Waals surface area contributed by atoms with E-state index in [4.69, 9.17) is 4.74 Å². The van der Waals surface area contributed by atoms with E-state index in [1.165, 1.54) is 24.3 Å². The lowest BCUT2D eigenvalue weighted by molar-refractivity contribution is 0.0472. The lowest BCUT2D eigenvalue weighted by Crippen LogP contribution is -2.29. The standard InChI is InChI=1S/C21H19NO4/c1-4-7-22-19(23)17-6-5-16(11-18(17)20(22)24)21(25)26-12-15-9-13(2)8-14(3)10-15/h4-6,8-11H,1,7,12H2,2-3H3. The largest absolute Gasteiger partial charge is 0.457 e. The van der Waals surface area contributed by atoms with Crippen LogP contribution in [-0.2, 0) is 11.3 Å². The quantitative estimate of drug-likeness (QED) is 0.471. The second-order valence-electron chi connectivity index (χ2n) is 6.34. The van der Waals surface area contributed by atoms with Crippen LogP contribution in [0, 0.1) is 13.8 Å². The third-order valence-corrected chi connectivity index (χ3v) is 4.17. The number of aryl methyl sites for hydroxylation is 2. The minimum Gasteiger partial charge on any atom is -0.457 e. The van der Waals surface area contributed by atoms with Crippen molar-refractivity contribution in [1.82, 2.24) is 4.90 Å². The van der Waals surface area contributed by atoms with Crippen LogP contribution in [0.4, 0.5) is 0 Å². The molecule has 0 atom stereocenters. The molecule has 5 heteroatoms. The zero-order valence-electron chi connectivity index (χ0n) is 14.7. The lowest BCUT2D eigenvalue weighted by atomic mass is 10.1. The Balaban J connectivity index is 1.77. The van der Waals surface area contributed by atoms with Crippen molar-refractivity contribution in [2.45, 2.75) is 20.5 Å². The molecule has 2 amide bonds. The number of fused-ring (bicyclic) bond motifs is 1. The number of benzene rings is 2. The fraction of sp³-hybridized carbons (Fsp3) is 0.190. The number of ether oxygens (including phenoxy) is 1. The topological polar surface area (TPSA) is 63.7 Å². The van der Waals surface area contributed by atoms with Gasteiger partial charge >= 0.3 is 5.97 Å². The van der Waals surface area contributed by atoms with Crippen LogP contribution in [0.1, 0.15) is 47.8 Å². The Kier molecular flexibility index (Phi) is 4.71. The molecule has 0 spiro atoms. The Morgan fingerprint density at radius 1 is 1.04 bits per heavy atom. The molecule has 0 fully saturated rings. The fourth-order valence-electron chi connectivity index (χ4n) is 3.10. The van der Waals surface area contributed by atoms with Gasteiger partial charge in [-0.1, -0.05) is 35.4 Å². The molecule has 0 saturated carbocycles. The minimum absolute atomic E-state index is 0.138. The van der Waals surface area contributed by atoms with Gasteiger partial charge in [0.25, 0.3) is 11.8 Å². The lowest BCUT2D eigenvalue weighted by Gasteiger charge is -2.09. The highest BCUT2D eigenvalue weighted by molar-refractivity contribution is 6.22. The average Bonchev–Trinajstić information content (AvgIpc) is 2.84. The molecule has 0 N–H and O–H groups in total. The number of imide groups is 1. The van der Waals surface area contributed by atoms with Crippen molar-refractivity contribution < 1.29 is 19.1 Å². The Labute approximate surface area is 151 Å². The Morgan fingerprint density at radius 2 is 1.69 bits per heavy atom. The third-order valence-electron chi connectivity index (χ3n) is 4.17. The summed E-state index contributed by atoms with van der Waals surface area (Å²) in [5.41, 5.74) is 3.86. The molecular formula is C21H19NO4. The van der Waals surface area contributed by atoms with E-state index in [1.807, 2.05) is 32.0 Å². The second kappa shape index (κ2) is 6.96. The summed E-state index contributed by atoms with van der Waals surface area (Å²) in [6.07, 6.45) is 1.49. The Hall–Kier alpha value is -3.21. The van der Waals surface area contributed by atoms with Crippen LogP contribution in [-0.4, -0.2) is 29.2 Å². The summed E-state index contributed by atoms with van der Waals surface area (Å²) in [4.78, 5) is 38.0. The number of hydrogen-bond acceptors (Lipinski definition) is 4. The predicted octanol–water partition coefficient (Wildman–Crippen LogP) is 3.44. The molecule has 2 aromatic carbocycles. The van der Waals surface area contributed by atoms with Crippen LogP contribution in [0.3, 0.4) is 0 Å². The van der Waals surface area contributed by atoms with Crippen LogP contribution >= 0.6 is 0 Å². The molecule has 1 aliphatic rings. The number of carbonyl (C=O) groups is 3. The van der Waals surface area contributed by atoms with Crippen molar-refractivity contribution in [3.05, 3.63) is 82.4 Å². The summed E-state index contributed by atoms with van der Waals surface area (Å²) < 4.78 is 5.36. The average molecular weight is 349 g/mol. The molecule has 3 rings (SSSR count). The highest BCUT2D eigenvalue weighted by atomic mass is 16.5. The first kappa shape index (κ1) is 17.6. The number of hydrogen-bond donors (Lipinski definition) is 0. The molecule has 1 aliphatic heterocycles. The normalized spacial score (nSPS) is 12.9. The first-order chi connectivity index (χ1) is 12.4. The van der Waals surface area contributed by atoms with Gasteiger partial charge in [-0.3, -0.25) is 14.5 Å². The van der Waals surface area contributed by atoms with Gasteiger partial charge in [-0.05, 0) is 37.6 Å². The SMILES string of the molecule is C=CCN1C(=O)c2ccc(C(=O)OCc3cc(C)cc(C)c3)cc2C1=O. The molecule has 5 nitrogen and oxygen atoms in total. The smallest absolute Gasteiger partial charge is 0.338 e. The van der Waals surface area contributed by atoms with Crippen LogP contribution in [0.15, 0.2) is 49.1 Å². The van der Waals surface area contributed by atoms with Crippen molar-refractivity contribution in [2.24, 2.45) is 0 Å². The Bertz CT molecular complexity index is 909. The number of nitrogens with zero attached hydrogens (tertiary/aromatic N) is 1. The maximum absolute atomic E-state index is 12.3. The summed E-state index contributed by atoms with van der Waals surface area (Å²) in [6.45, 7) is 7.80. The van der Waals surface area contributed by atoms with Crippen molar-refractivity contribution in [1.29, 1.82) is 0 Å². The molecule has 0 aromatic heterocycles. The molecule has 2 aromatic rings. The number of carbonyl (C=O) groups excluding carboxylic acids is 3. The van der Waals surface area contributed by atoms with Gasteiger partial charge in [-0.15, -0.1) is 6.58 Å². The number of amides is 2. The molecule has 0 radical (unpaired) electrons. The van der Waals surface area contributed by atoms with Crippen molar-refractivity contribution in [3.8, 4) is 0 Å². The summed E-state index contributed by atoms with van der Waals surface area (Å²) >= 11 is 0. The molecule has 1 heterocycles. The van der Waals surface area contributed by atoms with E-state index in [0.29, 0.717) is 5.56 Å². The van der Waals surface area contributed by atoms with Gasteiger partial charge in [-0.2, -0.15) is 0 Å². The summed E-state index contributed by atoms with van der Waals surface area (Å²) in [5, 5.41) is 0. The van der Waals surface area contributed by atoms with Crippen LogP contribution in [0.5, 0.6) is 0 Å². The monoisotopic (exact) mass is 349 g/mol. The zero-order chi connectivity index (χ0) is 18.8. The van der Waals surface area contributed by atoms with Gasteiger partial charge < -0.3 is 4.74 Å². The molecule has 0 saturated heterocycles. The molecular weight excluding hydrogens is 330 g/mol. The first-order valence-corrected chi connectivity index (χ1v) is 8.26. The van der Waals surface area contributed by atoms with Crippen LogP contribution in [0.25, 0.3) is 0 Å². The molecule has 0 unspecified atom stereocenters. The Morgan fingerprint density at radius 3 is 2.35 bits per heavy atom. The third kappa shape index (κ3) is 3.28. The van der Waals surface area contributed by atoms with Gasteiger partial charge in [0.15, 0.2) is 0 Å². The molecule has 26 heavy (non-hydrogen) atoms. The maximum Gasteiger partial charge on any atom is 0.338 e. The van der Waals surface area contributed by atoms with E-state index in [0.717, 1.165) is 21.6 Å². The molecule has 132 valence electrons. The van der Waals surface area contributed by atoms with Crippen molar-refractivity contribution in [2.75, 3.05) is 6.54 Å². The van der Waals surface area contributed by atoms with E-state index < -0.39 is 11.9 Å². The predicted molar refractivity (Wildman–Crippen MR) is 97.0 cm³/mol. The summed E-state index contributed by atoms with van der Waals surface area (Å²) in [6, 6.07) is 10.4. The maximum atomic E-state index is 12.3. The van der Waals surface area contributed by atoms with Gasteiger partial charge in [-0.25, -0.2) is 4.79 Å². The summed E-state index contributed by atoms with van der Waals surface area (Å²) in [7, 11) is 0. The van der Waals surface area contributed by atoms with E-state index in [1.54, 1.807) is 0 Å². The fourth-order valence-corrected chi connectivity index (χ4v) is 3.10. The van der Waals surface area contributed by atoms with Gasteiger partial charge in [0, 0.05) is 6.54 Å². The second-order valence-corrected chi connectivity index (χ2v) is 6.34. The number of esters is 1. The van der Waals surface area contributed by atoms with Crippen molar-refractivity contribution in [3.63, 3.8) is 0 Å². The van der Waals surface area contributed by atoms with Gasteiger partial charge in [0.1, 0.15) is 6.61 Å². The first-order valence-electron chi connectivity index (χ1n) is 8.26. The van der Waals surface area contributed by atoms with Crippen molar-refractivity contribution >= 4 is 17.8 Å². The molecule has 0 bridgehead atoms. The molecule has 0 aliphatic carbocycles.